The highest BCUT2D eigenvalue weighted by atomic mass is 79.9. The van der Waals surface area contributed by atoms with E-state index in [0.717, 1.165) is 10.0 Å². The number of carbonyl (C=O) groups is 2. The van der Waals surface area contributed by atoms with Gasteiger partial charge in [0.05, 0.1) is 11.8 Å². The van der Waals surface area contributed by atoms with E-state index in [1.54, 1.807) is 19.1 Å². The standard InChI is InChI=1S/C16H16BrN3O4S/c1-9-7-11(3-4-13(9)17)24-8-14(21)18-16(25)20-19-15(22)12-5-6-23-10(12)2/h3-7H,8H2,1-2H3,(H,19,22)(H2,18,20,21,25). The first kappa shape index (κ1) is 18.9. The minimum absolute atomic E-state index is 0.0462. The average molecular weight is 426 g/mol. The fourth-order valence-corrected chi connectivity index (χ4v) is 2.26. The van der Waals surface area contributed by atoms with Crippen LogP contribution < -0.4 is 20.9 Å². The molecular weight excluding hydrogens is 410 g/mol. The van der Waals surface area contributed by atoms with Gasteiger partial charge in [-0.05, 0) is 55.9 Å². The summed E-state index contributed by atoms with van der Waals surface area (Å²) >= 11 is 8.33. The van der Waals surface area contributed by atoms with Crippen LogP contribution in [-0.2, 0) is 4.79 Å². The predicted octanol–water partition coefficient (Wildman–Crippen LogP) is 2.37. The number of nitrogens with one attached hydrogen (secondary N) is 3. The molecule has 9 heteroatoms. The van der Waals surface area contributed by atoms with Gasteiger partial charge in [0.1, 0.15) is 11.5 Å². The van der Waals surface area contributed by atoms with E-state index in [4.69, 9.17) is 21.4 Å². The van der Waals surface area contributed by atoms with Crippen LogP contribution in [0.3, 0.4) is 0 Å². The molecule has 1 heterocycles. The lowest BCUT2D eigenvalue weighted by atomic mass is 10.2. The number of hydrogen-bond donors (Lipinski definition) is 3. The molecule has 0 unspecified atom stereocenters. The molecule has 132 valence electrons. The Labute approximate surface area is 158 Å². The van der Waals surface area contributed by atoms with Crippen LogP contribution in [0.1, 0.15) is 21.7 Å². The second-order valence-corrected chi connectivity index (χ2v) is 6.31. The summed E-state index contributed by atoms with van der Waals surface area (Å²) in [7, 11) is 0. The fourth-order valence-electron chi connectivity index (χ4n) is 1.85. The number of aryl methyl sites for hydroxylation is 2. The van der Waals surface area contributed by atoms with Crippen molar-refractivity contribution in [3.63, 3.8) is 0 Å². The summed E-state index contributed by atoms with van der Waals surface area (Å²) in [6, 6.07) is 6.92. The molecule has 0 atom stereocenters. The Balaban J connectivity index is 1.74. The summed E-state index contributed by atoms with van der Waals surface area (Å²) in [4.78, 5) is 23.7. The zero-order chi connectivity index (χ0) is 18.4. The third-order valence-electron chi connectivity index (χ3n) is 3.15. The second-order valence-electron chi connectivity index (χ2n) is 5.05. The molecule has 2 aromatic rings. The van der Waals surface area contributed by atoms with E-state index in [-0.39, 0.29) is 11.7 Å². The molecule has 2 amide bonds. The lowest BCUT2D eigenvalue weighted by Gasteiger charge is -2.11. The van der Waals surface area contributed by atoms with Gasteiger partial charge in [-0.3, -0.25) is 25.8 Å². The van der Waals surface area contributed by atoms with E-state index in [9.17, 15) is 9.59 Å². The Hall–Kier alpha value is -2.39. The van der Waals surface area contributed by atoms with Crippen molar-refractivity contribution in [1.29, 1.82) is 0 Å². The molecule has 0 radical (unpaired) electrons. The van der Waals surface area contributed by atoms with Crippen molar-refractivity contribution < 1.29 is 18.7 Å². The highest BCUT2D eigenvalue weighted by molar-refractivity contribution is 9.10. The molecule has 0 aliphatic heterocycles. The van der Waals surface area contributed by atoms with Crippen LogP contribution in [0.2, 0.25) is 0 Å². The Morgan fingerprint density at radius 2 is 2.00 bits per heavy atom. The lowest BCUT2D eigenvalue weighted by Crippen LogP contribution is -2.49. The molecule has 1 aromatic carbocycles. The van der Waals surface area contributed by atoms with Gasteiger partial charge in [-0.15, -0.1) is 0 Å². The van der Waals surface area contributed by atoms with Crippen LogP contribution in [0.25, 0.3) is 0 Å². The SMILES string of the molecule is Cc1cc(OCC(=O)NC(=S)NNC(=O)c2ccoc2C)ccc1Br. The summed E-state index contributed by atoms with van der Waals surface area (Å²) < 4.78 is 11.4. The van der Waals surface area contributed by atoms with Gasteiger partial charge < -0.3 is 9.15 Å². The van der Waals surface area contributed by atoms with E-state index in [2.05, 4.69) is 32.1 Å². The Morgan fingerprint density at radius 3 is 2.64 bits per heavy atom. The maximum atomic E-state index is 11.9. The normalized spacial score (nSPS) is 10.0. The van der Waals surface area contributed by atoms with E-state index in [0.29, 0.717) is 17.1 Å². The van der Waals surface area contributed by atoms with Gasteiger partial charge in [0.15, 0.2) is 11.7 Å². The van der Waals surface area contributed by atoms with E-state index < -0.39 is 11.8 Å². The Kier molecular flexibility index (Phi) is 6.54. The number of thiocarbonyl (C=S) groups is 1. The number of halogens is 1. The first-order valence-electron chi connectivity index (χ1n) is 7.20. The van der Waals surface area contributed by atoms with Gasteiger partial charge >= 0.3 is 0 Å². The molecule has 0 fully saturated rings. The minimum Gasteiger partial charge on any atom is -0.484 e. The number of carbonyl (C=O) groups excluding carboxylic acids is 2. The van der Waals surface area contributed by atoms with Crippen molar-refractivity contribution in [2.75, 3.05) is 6.61 Å². The van der Waals surface area contributed by atoms with Crippen molar-refractivity contribution >= 4 is 45.1 Å². The number of ether oxygens (including phenoxy) is 1. The Morgan fingerprint density at radius 1 is 1.24 bits per heavy atom. The van der Waals surface area contributed by atoms with Crippen LogP contribution in [0.5, 0.6) is 5.75 Å². The number of furan rings is 1. The van der Waals surface area contributed by atoms with Gasteiger partial charge in [-0.2, -0.15) is 0 Å². The average Bonchev–Trinajstić information content (AvgIpc) is 3.00. The first-order valence-corrected chi connectivity index (χ1v) is 8.40. The molecule has 25 heavy (non-hydrogen) atoms. The molecule has 0 saturated carbocycles. The van der Waals surface area contributed by atoms with Gasteiger partial charge in [-0.25, -0.2) is 0 Å². The molecule has 0 bridgehead atoms. The van der Waals surface area contributed by atoms with Gasteiger partial charge in [-0.1, -0.05) is 15.9 Å². The van der Waals surface area contributed by atoms with Crippen LogP contribution in [-0.4, -0.2) is 23.5 Å². The summed E-state index contributed by atoms with van der Waals surface area (Å²) in [5, 5.41) is 2.35. The van der Waals surface area contributed by atoms with Crippen molar-refractivity contribution in [1.82, 2.24) is 16.2 Å². The van der Waals surface area contributed by atoms with Crippen LogP contribution >= 0.6 is 28.1 Å². The van der Waals surface area contributed by atoms with Crippen molar-refractivity contribution in [2.45, 2.75) is 13.8 Å². The highest BCUT2D eigenvalue weighted by Gasteiger charge is 2.12. The van der Waals surface area contributed by atoms with Crippen molar-refractivity contribution in [3.05, 3.63) is 51.9 Å². The number of rotatable bonds is 4. The summed E-state index contributed by atoms with van der Waals surface area (Å²) in [5.41, 5.74) is 6.17. The van der Waals surface area contributed by atoms with Crippen LogP contribution in [0, 0.1) is 13.8 Å². The molecule has 0 aliphatic carbocycles. The number of hydrogen-bond acceptors (Lipinski definition) is 5. The smallest absolute Gasteiger partial charge is 0.273 e. The van der Waals surface area contributed by atoms with Crippen LogP contribution in [0.15, 0.2) is 39.4 Å². The zero-order valence-corrected chi connectivity index (χ0v) is 15.9. The quantitative estimate of drug-likeness (QED) is 0.514. The largest absolute Gasteiger partial charge is 0.484 e. The lowest BCUT2D eigenvalue weighted by molar-refractivity contribution is -0.121. The summed E-state index contributed by atoms with van der Waals surface area (Å²) in [6.07, 6.45) is 1.41. The number of benzene rings is 1. The molecule has 1 aromatic heterocycles. The zero-order valence-electron chi connectivity index (χ0n) is 13.5. The maximum Gasteiger partial charge on any atom is 0.273 e. The fraction of sp³-hybridized carbons (Fsp3) is 0.188. The maximum absolute atomic E-state index is 11.9. The van der Waals surface area contributed by atoms with E-state index in [1.807, 2.05) is 13.0 Å². The molecule has 0 saturated heterocycles. The van der Waals surface area contributed by atoms with Gasteiger partial charge in [0, 0.05) is 4.47 Å². The number of hydrazine groups is 1. The number of amides is 2. The van der Waals surface area contributed by atoms with Gasteiger partial charge in [0.2, 0.25) is 0 Å². The highest BCUT2D eigenvalue weighted by Crippen LogP contribution is 2.21. The molecule has 0 spiro atoms. The third kappa shape index (κ3) is 5.57. The monoisotopic (exact) mass is 425 g/mol. The van der Waals surface area contributed by atoms with E-state index >= 15 is 0 Å². The predicted molar refractivity (Wildman–Crippen MR) is 99.2 cm³/mol. The molecule has 7 nitrogen and oxygen atoms in total. The van der Waals surface area contributed by atoms with Crippen molar-refractivity contribution in [2.24, 2.45) is 0 Å². The molecular formula is C16H16BrN3O4S. The summed E-state index contributed by atoms with van der Waals surface area (Å²) in [6.45, 7) is 3.37. The first-order chi connectivity index (χ1) is 11.9. The Bertz CT molecular complexity index is 806. The third-order valence-corrected chi connectivity index (χ3v) is 4.24. The molecule has 2 rings (SSSR count). The summed E-state index contributed by atoms with van der Waals surface area (Å²) in [5.74, 6) is 0.169. The van der Waals surface area contributed by atoms with Gasteiger partial charge in [0.25, 0.3) is 11.8 Å². The second kappa shape index (κ2) is 8.63. The van der Waals surface area contributed by atoms with Crippen LogP contribution in [0.4, 0.5) is 0 Å². The minimum atomic E-state index is -0.452. The molecule has 0 aliphatic rings. The van der Waals surface area contributed by atoms with E-state index in [1.165, 1.54) is 12.3 Å². The topological polar surface area (TPSA) is 92.6 Å². The molecule has 3 N–H and O–H groups in total. The van der Waals surface area contributed by atoms with Crippen molar-refractivity contribution in [3.8, 4) is 5.75 Å².